The Morgan fingerprint density at radius 2 is 1.75 bits per heavy atom. The van der Waals surface area contributed by atoms with Gasteiger partial charge in [-0.3, -0.25) is 0 Å². The molecule has 0 atom stereocenters. The minimum atomic E-state index is -3.94. The first-order valence-electron chi connectivity index (χ1n) is 7.99. The van der Waals surface area contributed by atoms with Crippen LogP contribution in [0.5, 0.6) is 0 Å². The van der Waals surface area contributed by atoms with E-state index in [0.29, 0.717) is 0 Å². The number of sulfonamides is 2. The van der Waals surface area contributed by atoms with E-state index in [2.05, 4.69) is 11.8 Å². The highest BCUT2D eigenvalue weighted by Gasteiger charge is 2.31. The summed E-state index contributed by atoms with van der Waals surface area (Å²) in [5, 5.41) is 5.09. The van der Waals surface area contributed by atoms with Crippen LogP contribution >= 0.6 is 0 Å². The zero-order valence-corrected chi connectivity index (χ0v) is 15.7. The molecule has 1 aliphatic rings. The summed E-state index contributed by atoms with van der Waals surface area (Å²) < 4.78 is 49.8. The Labute approximate surface area is 144 Å². The summed E-state index contributed by atoms with van der Waals surface area (Å²) in [4.78, 5) is 2.08. The fourth-order valence-electron chi connectivity index (χ4n) is 3.00. The summed E-state index contributed by atoms with van der Waals surface area (Å²) in [5.74, 6) is 0. The van der Waals surface area contributed by atoms with Crippen LogP contribution in [0, 0.1) is 0 Å². The van der Waals surface area contributed by atoms with Crippen molar-refractivity contribution in [3.8, 4) is 0 Å². The number of benzene rings is 1. The average Bonchev–Trinajstić information content (AvgIpc) is 2.54. The molecule has 1 saturated heterocycles. The lowest BCUT2D eigenvalue weighted by Crippen LogP contribution is -2.45. The van der Waals surface area contributed by atoms with Gasteiger partial charge < -0.3 is 4.90 Å². The van der Waals surface area contributed by atoms with Crippen LogP contribution in [0.3, 0.4) is 0 Å². The van der Waals surface area contributed by atoms with Gasteiger partial charge in [0.15, 0.2) is 0 Å². The van der Waals surface area contributed by atoms with Gasteiger partial charge >= 0.3 is 0 Å². The van der Waals surface area contributed by atoms with E-state index in [1.54, 1.807) is 7.05 Å². The smallest absolute Gasteiger partial charge is 0.243 e. The third-order valence-electron chi connectivity index (χ3n) is 4.42. The van der Waals surface area contributed by atoms with Crippen LogP contribution in [0.1, 0.15) is 26.2 Å². The number of rotatable bonds is 6. The van der Waals surface area contributed by atoms with Crippen molar-refractivity contribution in [3.63, 3.8) is 0 Å². The van der Waals surface area contributed by atoms with Crippen LogP contribution < -0.4 is 5.14 Å². The molecule has 9 heteroatoms. The van der Waals surface area contributed by atoms with Crippen LogP contribution in [-0.2, 0) is 20.0 Å². The summed E-state index contributed by atoms with van der Waals surface area (Å²) in [5.41, 5.74) is 0. The molecule has 0 bridgehead atoms. The Bertz CT molecular complexity index is 770. The van der Waals surface area contributed by atoms with Gasteiger partial charge in [0, 0.05) is 13.1 Å². The minimum Gasteiger partial charge on any atom is -0.303 e. The van der Waals surface area contributed by atoms with Gasteiger partial charge in [0.2, 0.25) is 20.0 Å². The SMILES string of the molecule is CCCN1CCC(N(C)S(=O)(=O)c2cccc(S(N)(=O)=O)c2)CC1. The molecule has 0 amide bonds. The van der Waals surface area contributed by atoms with E-state index in [-0.39, 0.29) is 15.8 Å². The van der Waals surface area contributed by atoms with Crippen molar-refractivity contribution in [2.75, 3.05) is 26.7 Å². The second kappa shape index (κ2) is 7.49. The van der Waals surface area contributed by atoms with Crippen molar-refractivity contribution in [1.82, 2.24) is 9.21 Å². The normalized spacial score (nSPS) is 18.2. The molecule has 0 aromatic heterocycles. The monoisotopic (exact) mass is 375 g/mol. The topological polar surface area (TPSA) is 101 Å². The lowest BCUT2D eigenvalue weighted by molar-refractivity contribution is 0.170. The van der Waals surface area contributed by atoms with E-state index < -0.39 is 20.0 Å². The van der Waals surface area contributed by atoms with Crippen LogP contribution in [0.25, 0.3) is 0 Å². The second-order valence-electron chi connectivity index (χ2n) is 6.11. The van der Waals surface area contributed by atoms with Crippen molar-refractivity contribution in [1.29, 1.82) is 0 Å². The first-order valence-corrected chi connectivity index (χ1v) is 11.0. The second-order valence-corrected chi connectivity index (χ2v) is 9.67. The van der Waals surface area contributed by atoms with Gasteiger partial charge in [0.25, 0.3) is 0 Å². The van der Waals surface area contributed by atoms with E-state index in [0.717, 1.165) is 45.0 Å². The van der Waals surface area contributed by atoms with Crippen molar-refractivity contribution in [2.45, 2.75) is 42.0 Å². The molecule has 1 aliphatic heterocycles. The number of nitrogens with two attached hydrogens (primary N) is 1. The van der Waals surface area contributed by atoms with Gasteiger partial charge in [-0.05, 0) is 57.1 Å². The Kier molecular flexibility index (Phi) is 6.03. The maximum atomic E-state index is 12.8. The van der Waals surface area contributed by atoms with Crippen LogP contribution in [-0.4, -0.2) is 58.8 Å². The van der Waals surface area contributed by atoms with Crippen molar-refractivity contribution in [2.24, 2.45) is 5.14 Å². The molecule has 2 rings (SSSR count). The molecule has 0 unspecified atom stereocenters. The van der Waals surface area contributed by atoms with E-state index in [4.69, 9.17) is 5.14 Å². The van der Waals surface area contributed by atoms with Crippen molar-refractivity contribution < 1.29 is 16.8 Å². The molecule has 1 heterocycles. The Morgan fingerprint density at radius 3 is 2.29 bits per heavy atom. The fourth-order valence-corrected chi connectivity index (χ4v) is 5.09. The highest BCUT2D eigenvalue weighted by atomic mass is 32.2. The number of likely N-dealkylation sites (tertiary alicyclic amines) is 1. The molecule has 0 aliphatic carbocycles. The largest absolute Gasteiger partial charge is 0.303 e. The summed E-state index contributed by atoms with van der Waals surface area (Å²) >= 11 is 0. The lowest BCUT2D eigenvalue weighted by atomic mass is 10.1. The Morgan fingerprint density at radius 1 is 1.17 bits per heavy atom. The standard InChI is InChI=1S/C15H25N3O4S2/c1-3-9-18-10-7-13(8-11-18)17(2)24(21,22)15-6-4-5-14(12-15)23(16,19)20/h4-6,12-13H,3,7-11H2,1-2H3,(H2,16,19,20). The summed E-state index contributed by atoms with van der Waals surface area (Å²) in [7, 11) is -6.14. The first-order chi connectivity index (χ1) is 11.2. The number of nitrogens with zero attached hydrogens (tertiary/aromatic N) is 2. The molecule has 1 aromatic rings. The van der Waals surface area contributed by atoms with Crippen LogP contribution in [0.2, 0.25) is 0 Å². The molecule has 0 saturated carbocycles. The number of hydrogen-bond acceptors (Lipinski definition) is 5. The fraction of sp³-hybridized carbons (Fsp3) is 0.600. The molecular weight excluding hydrogens is 350 g/mol. The maximum Gasteiger partial charge on any atom is 0.243 e. The summed E-state index contributed by atoms with van der Waals surface area (Å²) in [6, 6.07) is 5.11. The third-order valence-corrected chi connectivity index (χ3v) is 7.24. The lowest BCUT2D eigenvalue weighted by Gasteiger charge is -2.36. The van der Waals surface area contributed by atoms with E-state index in [1.807, 2.05) is 0 Å². The average molecular weight is 376 g/mol. The van der Waals surface area contributed by atoms with Crippen molar-refractivity contribution >= 4 is 20.0 Å². The van der Waals surface area contributed by atoms with E-state index in [9.17, 15) is 16.8 Å². The summed E-state index contributed by atoms with van der Waals surface area (Å²) in [6.45, 7) is 4.89. The first kappa shape index (κ1) is 19.3. The maximum absolute atomic E-state index is 12.8. The zero-order valence-electron chi connectivity index (χ0n) is 14.1. The number of hydrogen-bond donors (Lipinski definition) is 1. The van der Waals surface area contributed by atoms with Gasteiger partial charge in [-0.15, -0.1) is 0 Å². The number of piperidine rings is 1. The van der Waals surface area contributed by atoms with Crippen LogP contribution in [0.4, 0.5) is 0 Å². The molecular formula is C15H25N3O4S2. The van der Waals surface area contributed by atoms with Gasteiger partial charge in [-0.2, -0.15) is 4.31 Å². The van der Waals surface area contributed by atoms with Crippen molar-refractivity contribution in [3.05, 3.63) is 24.3 Å². The minimum absolute atomic E-state index is 0.0486. The van der Waals surface area contributed by atoms with E-state index >= 15 is 0 Å². The molecule has 0 radical (unpaired) electrons. The molecule has 7 nitrogen and oxygen atoms in total. The molecule has 136 valence electrons. The van der Waals surface area contributed by atoms with Gasteiger partial charge in [-0.25, -0.2) is 22.0 Å². The molecule has 1 fully saturated rings. The Balaban J connectivity index is 2.19. The van der Waals surface area contributed by atoms with Crippen LogP contribution in [0.15, 0.2) is 34.1 Å². The van der Waals surface area contributed by atoms with Gasteiger partial charge in [-0.1, -0.05) is 13.0 Å². The number of primary sulfonamides is 1. The highest BCUT2D eigenvalue weighted by molar-refractivity contribution is 7.90. The molecule has 0 spiro atoms. The molecule has 1 aromatic carbocycles. The third kappa shape index (κ3) is 4.34. The highest BCUT2D eigenvalue weighted by Crippen LogP contribution is 2.24. The van der Waals surface area contributed by atoms with E-state index in [1.165, 1.54) is 22.5 Å². The molecule has 24 heavy (non-hydrogen) atoms. The predicted molar refractivity (Wildman–Crippen MR) is 92.5 cm³/mol. The summed E-state index contributed by atoms with van der Waals surface area (Å²) in [6.07, 6.45) is 2.62. The Hall–Kier alpha value is -1.00. The molecule has 2 N–H and O–H groups in total. The quantitative estimate of drug-likeness (QED) is 0.794. The zero-order chi connectivity index (χ0) is 18.0. The van der Waals surface area contributed by atoms with Gasteiger partial charge in [0.05, 0.1) is 9.79 Å². The van der Waals surface area contributed by atoms with Gasteiger partial charge in [0.1, 0.15) is 0 Å². The predicted octanol–water partition coefficient (Wildman–Crippen LogP) is 0.829.